The molecule has 2 aromatic carbocycles. The van der Waals surface area contributed by atoms with Crippen LogP contribution >= 0.6 is 27.5 Å². The van der Waals surface area contributed by atoms with E-state index in [2.05, 4.69) is 21.2 Å². The molecule has 0 saturated heterocycles. The van der Waals surface area contributed by atoms with E-state index in [-0.39, 0.29) is 5.91 Å². The number of amides is 1. The number of ether oxygens (including phenoxy) is 2. The average Bonchev–Trinajstić information content (AvgIpc) is 2.55. The molecule has 1 amide bonds. The van der Waals surface area contributed by atoms with Gasteiger partial charge in [0, 0.05) is 20.7 Å². The number of aldehydes is 1. The number of carbonyl (C=O) groups is 2. The topological polar surface area (TPSA) is 64.6 Å². The number of benzene rings is 2. The third-order valence-electron chi connectivity index (χ3n) is 3.18. The fraction of sp³-hybridized carbons (Fsp3) is 0.176. The van der Waals surface area contributed by atoms with Crippen LogP contribution in [-0.4, -0.2) is 25.4 Å². The molecule has 2 rings (SSSR count). The van der Waals surface area contributed by atoms with E-state index in [9.17, 15) is 9.59 Å². The predicted molar refractivity (Wildman–Crippen MR) is 96.3 cm³/mol. The van der Waals surface area contributed by atoms with Crippen molar-refractivity contribution in [2.24, 2.45) is 0 Å². The molecule has 0 aromatic heterocycles. The van der Waals surface area contributed by atoms with E-state index in [1.165, 1.54) is 13.2 Å². The Bertz CT molecular complexity index is 766. The molecule has 2 aromatic rings. The molecule has 0 aliphatic carbocycles. The Morgan fingerprint density at radius 3 is 2.67 bits per heavy atom. The third kappa shape index (κ3) is 4.49. The Labute approximate surface area is 153 Å². The van der Waals surface area contributed by atoms with Gasteiger partial charge < -0.3 is 14.8 Å². The number of hydrogen-bond acceptors (Lipinski definition) is 4. The molecule has 24 heavy (non-hydrogen) atoms. The van der Waals surface area contributed by atoms with Crippen LogP contribution in [0.4, 0.5) is 5.69 Å². The van der Waals surface area contributed by atoms with Crippen LogP contribution in [0.15, 0.2) is 40.9 Å². The van der Waals surface area contributed by atoms with E-state index in [0.717, 1.165) is 0 Å². The second-order valence-electron chi connectivity index (χ2n) is 4.90. The summed E-state index contributed by atoms with van der Waals surface area (Å²) in [5.74, 6) is 0.362. The molecular formula is C17H15BrClNO4. The predicted octanol–water partition coefficient (Wildman–Crippen LogP) is 4.33. The van der Waals surface area contributed by atoms with Gasteiger partial charge in [0.05, 0.1) is 7.11 Å². The lowest BCUT2D eigenvalue weighted by Gasteiger charge is -2.17. The summed E-state index contributed by atoms with van der Waals surface area (Å²) < 4.78 is 11.4. The largest absolute Gasteiger partial charge is 0.493 e. The first-order chi connectivity index (χ1) is 11.4. The summed E-state index contributed by atoms with van der Waals surface area (Å²) in [6.45, 7) is 1.60. The Morgan fingerprint density at radius 1 is 1.29 bits per heavy atom. The fourth-order valence-electron chi connectivity index (χ4n) is 1.95. The Hall–Kier alpha value is -2.05. The lowest BCUT2D eigenvalue weighted by atomic mass is 10.2. The summed E-state index contributed by atoms with van der Waals surface area (Å²) in [6.07, 6.45) is -0.119. The summed E-state index contributed by atoms with van der Waals surface area (Å²) in [6, 6.07) is 9.93. The summed E-state index contributed by atoms with van der Waals surface area (Å²) in [5.41, 5.74) is 0.965. The molecule has 0 spiro atoms. The molecule has 0 radical (unpaired) electrons. The lowest BCUT2D eigenvalue weighted by Crippen LogP contribution is -2.30. The highest BCUT2D eigenvalue weighted by atomic mass is 79.9. The Morgan fingerprint density at radius 2 is 2.04 bits per heavy atom. The van der Waals surface area contributed by atoms with Crippen molar-refractivity contribution >= 4 is 45.4 Å². The van der Waals surface area contributed by atoms with Crippen LogP contribution in [0.2, 0.25) is 5.02 Å². The monoisotopic (exact) mass is 411 g/mol. The van der Waals surface area contributed by atoms with Gasteiger partial charge in [0.15, 0.2) is 23.9 Å². The maximum absolute atomic E-state index is 12.3. The smallest absolute Gasteiger partial charge is 0.265 e. The zero-order valence-electron chi connectivity index (χ0n) is 13.0. The number of rotatable bonds is 6. The molecule has 5 nitrogen and oxygen atoms in total. The first kappa shape index (κ1) is 18.3. The average molecular weight is 413 g/mol. The van der Waals surface area contributed by atoms with Gasteiger partial charge in [-0.3, -0.25) is 9.59 Å². The quantitative estimate of drug-likeness (QED) is 0.717. The number of carbonyl (C=O) groups excluding carboxylic acids is 2. The molecule has 1 atom stereocenters. The Balaban J connectivity index is 2.15. The molecule has 0 fully saturated rings. The van der Waals surface area contributed by atoms with Crippen molar-refractivity contribution in [2.45, 2.75) is 13.0 Å². The van der Waals surface area contributed by atoms with Crippen molar-refractivity contribution in [3.63, 3.8) is 0 Å². The van der Waals surface area contributed by atoms with Gasteiger partial charge in [0.25, 0.3) is 5.91 Å². The van der Waals surface area contributed by atoms with Crippen molar-refractivity contribution in [3.8, 4) is 11.5 Å². The highest BCUT2D eigenvalue weighted by Crippen LogP contribution is 2.33. The lowest BCUT2D eigenvalue weighted by molar-refractivity contribution is -0.122. The van der Waals surface area contributed by atoms with E-state index in [1.807, 2.05) is 0 Å². The van der Waals surface area contributed by atoms with Gasteiger partial charge in [-0.05, 0) is 53.2 Å². The number of nitrogens with one attached hydrogen (secondary N) is 1. The van der Waals surface area contributed by atoms with E-state index in [4.69, 9.17) is 21.1 Å². The van der Waals surface area contributed by atoms with Crippen LogP contribution in [0, 0.1) is 0 Å². The first-order valence-corrected chi connectivity index (χ1v) is 8.17. The molecule has 0 aliphatic rings. The van der Waals surface area contributed by atoms with Crippen LogP contribution in [-0.2, 0) is 4.79 Å². The van der Waals surface area contributed by atoms with Gasteiger partial charge in [-0.2, -0.15) is 0 Å². The highest BCUT2D eigenvalue weighted by molar-refractivity contribution is 9.10. The maximum Gasteiger partial charge on any atom is 0.265 e. The van der Waals surface area contributed by atoms with Crippen LogP contribution in [0.3, 0.4) is 0 Å². The summed E-state index contributed by atoms with van der Waals surface area (Å²) in [5, 5.41) is 3.23. The normalized spacial score (nSPS) is 11.5. The van der Waals surface area contributed by atoms with E-state index in [1.54, 1.807) is 37.3 Å². The van der Waals surface area contributed by atoms with Crippen molar-refractivity contribution in [3.05, 3.63) is 51.5 Å². The standard InChI is InChI=1S/C17H15BrClNO4/c1-10(17(22)20-13-5-3-4-12(19)7-13)24-16-6-11(9-21)14(18)8-15(16)23-2/h3-10H,1-2H3,(H,20,22)/t10-/m0/s1. The van der Waals surface area contributed by atoms with Crippen LogP contribution < -0.4 is 14.8 Å². The first-order valence-electron chi connectivity index (χ1n) is 7.00. The molecule has 0 heterocycles. The molecule has 1 N–H and O–H groups in total. The van der Waals surface area contributed by atoms with Crippen molar-refractivity contribution in [2.75, 3.05) is 12.4 Å². The molecule has 0 saturated carbocycles. The third-order valence-corrected chi connectivity index (χ3v) is 4.10. The number of halogens is 2. The van der Waals surface area contributed by atoms with Gasteiger partial charge >= 0.3 is 0 Å². The van der Waals surface area contributed by atoms with Crippen LogP contribution in [0.1, 0.15) is 17.3 Å². The van der Waals surface area contributed by atoms with Crippen molar-refractivity contribution < 1.29 is 19.1 Å². The molecule has 126 valence electrons. The zero-order chi connectivity index (χ0) is 17.7. The second-order valence-corrected chi connectivity index (χ2v) is 6.19. The molecule has 0 bridgehead atoms. The zero-order valence-corrected chi connectivity index (χ0v) is 15.3. The van der Waals surface area contributed by atoms with Gasteiger partial charge in [0.2, 0.25) is 0 Å². The van der Waals surface area contributed by atoms with E-state index < -0.39 is 6.10 Å². The number of anilines is 1. The summed E-state index contributed by atoms with van der Waals surface area (Å²) in [4.78, 5) is 23.3. The minimum atomic E-state index is -0.807. The van der Waals surface area contributed by atoms with E-state index >= 15 is 0 Å². The maximum atomic E-state index is 12.3. The van der Waals surface area contributed by atoms with Crippen molar-refractivity contribution in [1.29, 1.82) is 0 Å². The number of methoxy groups -OCH3 is 1. The fourth-order valence-corrected chi connectivity index (χ4v) is 2.55. The van der Waals surface area contributed by atoms with E-state index in [0.29, 0.717) is 38.5 Å². The van der Waals surface area contributed by atoms with Gasteiger partial charge in [0.1, 0.15) is 0 Å². The molecule has 0 unspecified atom stereocenters. The second kappa shape index (κ2) is 8.17. The van der Waals surface area contributed by atoms with Gasteiger partial charge in [-0.1, -0.05) is 17.7 Å². The van der Waals surface area contributed by atoms with Crippen LogP contribution in [0.5, 0.6) is 11.5 Å². The van der Waals surface area contributed by atoms with Crippen LogP contribution in [0.25, 0.3) is 0 Å². The minimum absolute atomic E-state index is 0.302. The molecular weight excluding hydrogens is 398 g/mol. The summed E-state index contributed by atoms with van der Waals surface area (Å²) in [7, 11) is 1.48. The minimum Gasteiger partial charge on any atom is -0.493 e. The summed E-state index contributed by atoms with van der Waals surface area (Å²) >= 11 is 9.16. The van der Waals surface area contributed by atoms with Gasteiger partial charge in [-0.15, -0.1) is 0 Å². The van der Waals surface area contributed by atoms with Crippen molar-refractivity contribution in [1.82, 2.24) is 0 Å². The molecule has 0 aliphatic heterocycles. The molecule has 7 heteroatoms. The number of hydrogen-bond donors (Lipinski definition) is 1. The SMILES string of the molecule is COc1cc(Br)c(C=O)cc1O[C@@H](C)C(=O)Nc1cccc(Cl)c1. The highest BCUT2D eigenvalue weighted by Gasteiger charge is 2.18. The van der Waals surface area contributed by atoms with Gasteiger partial charge in [-0.25, -0.2) is 0 Å². The Kier molecular flexibility index (Phi) is 6.23.